The summed E-state index contributed by atoms with van der Waals surface area (Å²) in [6, 6.07) is 3.84. The Hall–Kier alpha value is -1.99. The van der Waals surface area contributed by atoms with Crippen LogP contribution in [0.25, 0.3) is 11.5 Å². The number of aliphatic hydroxyl groups excluding tert-OH is 1. The Labute approximate surface area is 147 Å². The van der Waals surface area contributed by atoms with E-state index < -0.39 is 0 Å². The Morgan fingerprint density at radius 3 is 2.84 bits per heavy atom. The minimum atomic E-state index is -0.256. The molecule has 2 fully saturated rings. The molecule has 2 aromatic heterocycles. The molecular weight excluding hydrogens is 320 g/mol. The molecule has 0 bridgehead atoms. The van der Waals surface area contributed by atoms with Crippen molar-refractivity contribution in [2.75, 3.05) is 24.6 Å². The minimum Gasteiger partial charge on any atom is -0.392 e. The molecular formula is C18H24N4O3. The van der Waals surface area contributed by atoms with E-state index in [2.05, 4.69) is 20.0 Å². The number of piperidine rings is 1. The normalized spacial score (nSPS) is 25.2. The third-order valence-electron chi connectivity index (χ3n) is 5.65. The first-order chi connectivity index (χ1) is 12.1. The molecule has 2 aromatic rings. The summed E-state index contributed by atoms with van der Waals surface area (Å²) in [4.78, 5) is 11.1. The molecule has 0 amide bonds. The maximum absolute atomic E-state index is 10.4. The highest BCUT2D eigenvalue weighted by molar-refractivity contribution is 5.69. The Bertz CT molecular complexity index is 737. The van der Waals surface area contributed by atoms with Crippen molar-refractivity contribution >= 4 is 5.82 Å². The third-order valence-corrected chi connectivity index (χ3v) is 5.65. The van der Waals surface area contributed by atoms with E-state index in [-0.39, 0.29) is 17.6 Å². The van der Waals surface area contributed by atoms with Gasteiger partial charge in [0.2, 0.25) is 0 Å². The van der Waals surface area contributed by atoms with Crippen LogP contribution in [0.1, 0.15) is 32.0 Å². The molecule has 134 valence electrons. The van der Waals surface area contributed by atoms with Gasteiger partial charge in [0.1, 0.15) is 5.82 Å². The predicted molar refractivity (Wildman–Crippen MR) is 92.2 cm³/mol. The molecule has 3 heterocycles. The molecule has 2 aliphatic rings. The summed E-state index contributed by atoms with van der Waals surface area (Å²) < 4.78 is 11.2. The van der Waals surface area contributed by atoms with E-state index >= 15 is 0 Å². The van der Waals surface area contributed by atoms with Gasteiger partial charge in [-0.1, -0.05) is 5.16 Å². The lowest BCUT2D eigenvalue weighted by molar-refractivity contribution is -0.199. The molecule has 1 saturated heterocycles. The van der Waals surface area contributed by atoms with Crippen molar-refractivity contribution in [2.45, 2.75) is 45.3 Å². The lowest BCUT2D eigenvalue weighted by Crippen LogP contribution is -2.62. The summed E-state index contributed by atoms with van der Waals surface area (Å²) in [6.07, 6.45) is 4.26. The van der Waals surface area contributed by atoms with Crippen molar-refractivity contribution in [3.8, 4) is 11.5 Å². The van der Waals surface area contributed by atoms with Crippen LogP contribution in [0.15, 0.2) is 22.9 Å². The fourth-order valence-corrected chi connectivity index (χ4v) is 4.17. The standard InChI is InChI=1S/C18H24N4O3/c1-3-24-15-11-14(23)18(15)6-9-22(10-7-18)16-13(5-4-8-19-16)17-20-12(2)21-25-17/h4-5,8,14-15,23H,3,6-7,9-11H2,1-2H3/t14-,15-/m1/s1. The van der Waals surface area contributed by atoms with Crippen LogP contribution in [-0.2, 0) is 4.74 Å². The Morgan fingerprint density at radius 1 is 1.40 bits per heavy atom. The Balaban J connectivity index is 1.54. The predicted octanol–water partition coefficient (Wildman–Crippen LogP) is 2.20. The monoisotopic (exact) mass is 344 g/mol. The highest BCUT2D eigenvalue weighted by Gasteiger charge is 2.56. The first-order valence-corrected chi connectivity index (χ1v) is 8.94. The van der Waals surface area contributed by atoms with Gasteiger partial charge >= 0.3 is 0 Å². The molecule has 0 radical (unpaired) electrons. The average Bonchev–Trinajstić information content (AvgIpc) is 3.08. The van der Waals surface area contributed by atoms with E-state index in [1.165, 1.54) is 0 Å². The van der Waals surface area contributed by atoms with E-state index in [0.717, 1.165) is 43.7 Å². The number of rotatable bonds is 4. The maximum Gasteiger partial charge on any atom is 0.261 e. The quantitative estimate of drug-likeness (QED) is 0.910. The molecule has 1 aliphatic heterocycles. The van der Waals surface area contributed by atoms with Crippen LogP contribution in [0.3, 0.4) is 0 Å². The first-order valence-electron chi connectivity index (χ1n) is 8.94. The van der Waals surface area contributed by atoms with E-state index in [9.17, 15) is 5.11 Å². The van der Waals surface area contributed by atoms with Crippen LogP contribution >= 0.6 is 0 Å². The molecule has 0 unspecified atom stereocenters. The minimum absolute atomic E-state index is 0.0947. The molecule has 1 N–H and O–H groups in total. The number of hydrogen-bond donors (Lipinski definition) is 1. The van der Waals surface area contributed by atoms with Gasteiger partial charge in [-0.2, -0.15) is 4.98 Å². The second kappa shape index (κ2) is 6.38. The molecule has 0 aromatic carbocycles. The lowest BCUT2D eigenvalue weighted by Gasteiger charge is -2.56. The van der Waals surface area contributed by atoms with Crippen LogP contribution in [0.2, 0.25) is 0 Å². The van der Waals surface area contributed by atoms with Crippen LogP contribution in [0.5, 0.6) is 0 Å². The van der Waals surface area contributed by atoms with Gasteiger partial charge < -0.3 is 19.3 Å². The van der Waals surface area contributed by atoms with Gasteiger partial charge in [-0.25, -0.2) is 4.98 Å². The Morgan fingerprint density at radius 2 is 2.20 bits per heavy atom. The van der Waals surface area contributed by atoms with Crippen molar-refractivity contribution < 1.29 is 14.4 Å². The number of ether oxygens (including phenoxy) is 1. The third kappa shape index (κ3) is 2.71. The first kappa shape index (κ1) is 16.5. The van der Waals surface area contributed by atoms with Crippen molar-refractivity contribution in [3.63, 3.8) is 0 Å². The molecule has 7 heteroatoms. The highest BCUT2D eigenvalue weighted by atomic mass is 16.5. The zero-order valence-electron chi connectivity index (χ0n) is 14.7. The second-order valence-corrected chi connectivity index (χ2v) is 6.94. The zero-order valence-corrected chi connectivity index (χ0v) is 14.7. The molecule has 1 aliphatic carbocycles. The SMILES string of the molecule is CCO[C@@H]1C[C@@H](O)C12CCN(c1ncccc1-c1nc(C)no1)CC2. The molecule has 7 nitrogen and oxygen atoms in total. The highest BCUT2D eigenvalue weighted by Crippen LogP contribution is 2.51. The number of anilines is 1. The lowest BCUT2D eigenvalue weighted by atomic mass is 9.58. The number of nitrogens with zero attached hydrogens (tertiary/aromatic N) is 4. The molecule has 1 saturated carbocycles. The number of aromatic nitrogens is 3. The summed E-state index contributed by atoms with van der Waals surface area (Å²) in [5.41, 5.74) is 0.761. The maximum atomic E-state index is 10.4. The summed E-state index contributed by atoms with van der Waals surface area (Å²) in [5, 5.41) is 14.2. The van der Waals surface area contributed by atoms with Crippen molar-refractivity contribution in [1.29, 1.82) is 0 Å². The fourth-order valence-electron chi connectivity index (χ4n) is 4.17. The van der Waals surface area contributed by atoms with Gasteiger partial charge in [0.25, 0.3) is 5.89 Å². The van der Waals surface area contributed by atoms with E-state index in [4.69, 9.17) is 9.26 Å². The number of hydrogen-bond acceptors (Lipinski definition) is 7. The molecule has 1 spiro atoms. The fraction of sp³-hybridized carbons (Fsp3) is 0.611. The zero-order chi connectivity index (χ0) is 17.4. The van der Waals surface area contributed by atoms with Crippen LogP contribution in [-0.4, -0.2) is 52.1 Å². The summed E-state index contributed by atoms with van der Waals surface area (Å²) in [7, 11) is 0. The van der Waals surface area contributed by atoms with Crippen molar-refractivity contribution in [2.24, 2.45) is 5.41 Å². The Kier molecular flexibility index (Phi) is 4.21. The summed E-state index contributed by atoms with van der Waals surface area (Å²) in [5.74, 6) is 1.97. The van der Waals surface area contributed by atoms with Gasteiger partial charge in [0.15, 0.2) is 5.82 Å². The number of pyridine rings is 1. The smallest absolute Gasteiger partial charge is 0.261 e. The number of aryl methyl sites for hydroxylation is 1. The van der Waals surface area contributed by atoms with Crippen LogP contribution in [0, 0.1) is 12.3 Å². The van der Waals surface area contributed by atoms with E-state index in [0.29, 0.717) is 18.3 Å². The van der Waals surface area contributed by atoms with Gasteiger partial charge in [-0.3, -0.25) is 0 Å². The summed E-state index contributed by atoms with van der Waals surface area (Å²) in [6.45, 7) is 6.18. The van der Waals surface area contributed by atoms with Crippen molar-refractivity contribution in [3.05, 3.63) is 24.2 Å². The second-order valence-electron chi connectivity index (χ2n) is 6.94. The van der Waals surface area contributed by atoms with Gasteiger partial charge in [0, 0.05) is 37.7 Å². The largest absolute Gasteiger partial charge is 0.392 e. The summed E-state index contributed by atoms with van der Waals surface area (Å²) >= 11 is 0. The van der Waals surface area contributed by atoms with Gasteiger partial charge in [-0.05, 0) is 38.8 Å². The average molecular weight is 344 g/mol. The molecule has 2 atom stereocenters. The van der Waals surface area contributed by atoms with E-state index in [1.807, 2.05) is 19.1 Å². The van der Waals surface area contributed by atoms with Gasteiger partial charge in [0.05, 0.1) is 17.8 Å². The van der Waals surface area contributed by atoms with Crippen molar-refractivity contribution in [1.82, 2.24) is 15.1 Å². The number of aliphatic hydroxyl groups is 1. The van der Waals surface area contributed by atoms with E-state index in [1.54, 1.807) is 13.1 Å². The van der Waals surface area contributed by atoms with Crippen LogP contribution in [0.4, 0.5) is 5.82 Å². The van der Waals surface area contributed by atoms with Crippen LogP contribution < -0.4 is 4.90 Å². The van der Waals surface area contributed by atoms with Gasteiger partial charge in [-0.15, -0.1) is 0 Å². The molecule has 25 heavy (non-hydrogen) atoms. The topological polar surface area (TPSA) is 84.5 Å². The molecule has 4 rings (SSSR count).